The summed E-state index contributed by atoms with van der Waals surface area (Å²) in [5.74, 6) is 1.07. The monoisotopic (exact) mass is 211 g/mol. The van der Waals surface area contributed by atoms with Gasteiger partial charge in [0.15, 0.2) is 5.79 Å². The lowest BCUT2D eigenvalue weighted by Crippen LogP contribution is -2.30. The minimum Gasteiger partial charge on any atom is -0.465 e. The predicted molar refractivity (Wildman–Crippen MR) is 55.3 cm³/mol. The van der Waals surface area contributed by atoms with Gasteiger partial charge in [0.25, 0.3) is 0 Å². The Balaban J connectivity index is 2.06. The largest absolute Gasteiger partial charge is 0.465 e. The topological polar surface area (TPSA) is 57.6 Å². The highest BCUT2D eigenvalue weighted by Gasteiger charge is 2.37. The number of nitrogens with two attached hydrogens (primary N) is 1. The lowest BCUT2D eigenvalue weighted by atomic mass is 10.1. The molecule has 1 saturated heterocycles. The first kappa shape index (κ1) is 10.7. The molecule has 2 N–H and O–H groups in total. The molecule has 1 fully saturated rings. The van der Waals surface area contributed by atoms with Gasteiger partial charge in [-0.1, -0.05) is 0 Å². The van der Waals surface area contributed by atoms with E-state index in [4.69, 9.17) is 19.6 Å². The van der Waals surface area contributed by atoms with Gasteiger partial charge in [0.05, 0.1) is 12.6 Å². The summed E-state index contributed by atoms with van der Waals surface area (Å²) < 4.78 is 16.6. The van der Waals surface area contributed by atoms with E-state index in [-0.39, 0.29) is 12.1 Å². The molecule has 1 aromatic rings. The Labute approximate surface area is 89.3 Å². The second-order valence-corrected chi connectivity index (χ2v) is 4.34. The van der Waals surface area contributed by atoms with Gasteiger partial charge in [-0.2, -0.15) is 0 Å². The molecular weight excluding hydrogens is 194 g/mol. The van der Waals surface area contributed by atoms with Crippen LogP contribution in [0.15, 0.2) is 16.5 Å². The molecule has 0 unspecified atom stereocenters. The van der Waals surface area contributed by atoms with Crippen LogP contribution in [0.5, 0.6) is 0 Å². The van der Waals surface area contributed by atoms with Crippen LogP contribution >= 0.6 is 0 Å². The summed E-state index contributed by atoms with van der Waals surface area (Å²) in [5, 5.41) is 0. The maximum Gasteiger partial charge on any atom is 0.163 e. The van der Waals surface area contributed by atoms with E-state index in [1.54, 1.807) is 0 Å². The molecule has 4 heteroatoms. The maximum absolute atomic E-state index is 6.04. The van der Waals surface area contributed by atoms with Gasteiger partial charge in [-0.3, -0.25) is 0 Å². The molecule has 0 saturated carbocycles. The summed E-state index contributed by atoms with van der Waals surface area (Å²) in [6.45, 7) is 6.17. The first-order chi connectivity index (χ1) is 6.98. The highest BCUT2D eigenvalue weighted by Crippen LogP contribution is 2.29. The second-order valence-electron chi connectivity index (χ2n) is 4.34. The number of hydrogen-bond acceptors (Lipinski definition) is 4. The Hall–Kier alpha value is -0.840. The molecule has 2 atom stereocenters. The Bertz CT molecular complexity index is 345. The zero-order chi connectivity index (χ0) is 11.1. The molecule has 4 nitrogen and oxygen atoms in total. The van der Waals surface area contributed by atoms with Crippen LogP contribution in [0.25, 0.3) is 0 Å². The van der Waals surface area contributed by atoms with Crippen molar-refractivity contribution >= 4 is 0 Å². The molecular formula is C11H17NO3. The third kappa shape index (κ3) is 2.22. The first-order valence-corrected chi connectivity index (χ1v) is 5.12. The number of aryl methyl sites for hydroxylation is 1. The van der Waals surface area contributed by atoms with Gasteiger partial charge in [-0.25, -0.2) is 0 Å². The molecule has 15 heavy (non-hydrogen) atoms. The number of hydrogen-bond donors (Lipinski definition) is 1. The summed E-state index contributed by atoms with van der Waals surface area (Å²) in [6, 6.07) is 3.52. The molecule has 0 amide bonds. The first-order valence-electron chi connectivity index (χ1n) is 5.12. The molecule has 0 bridgehead atoms. The SMILES string of the molecule is Cc1ccc([C@H](N)[C@@H]2COC(C)(C)O2)o1. The van der Waals surface area contributed by atoms with Crippen LogP contribution in [0.3, 0.4) is 0 Å². The summed E-state index contributed by atoms with van der Waals surface area (Å²) >= 11 is 0. The Kier molecular flexibility index (Phi) is 2.58. The van der Waals surface area contributed by atoms with E-state index in [0.29, 0.717) is 6.61 Å². The predicted octanol–water partition coefficient (Wildman–Crippen LogP) is 1.74. The molecule has 0 aromatic carbocycles. The zero-order valence-corrected chi connectivity index (χ0v) is 9.32. The second kappa shape index (κ2) is 3.63. The van der Waals surface area contributed by atoms with E-state index in [1.165, 1.54) is 0 Å². The zero-order valence-electron chi connectivity index (χ0n) is 9.32. The van der Waals surface area contributed by atoms with Gasteiger partial charge in [0, 0.05) is 0 Å². The number of rotatable bonds is 2. The molecule has 84 valence electrons. The Morgan fingerprint density at radius 3 is 2.67 bits per heavy atom. The van der Waals surface area contributed by atoms with Crippen LogP contribution in [0.2, 0.25) is 0 Å². The summed E-state index contributed by atoms with van der Waals surface area (Å²) in [4.78, 5) is 0. The standard InChI is InChI=1S/C11H17NO3/c1-7-4-5-8(14-7)10(12)9-6-13-11(2,3)15-9/h4-5,9-10H,6,12H2,1-3H3/t9-,10-/m0/s1. The van der Waals surface area contributed by atoms with Crippen molar-refractivity contribution in [2.45, 2.75) is 38.7 Å². The fourth-order valence-corrected chi connectivity index (χ4v) is 1.71. The average Bonchev–Trinajstić information content (AvgIpc) is 2.71. The molecule has 2 heterocycles. The van der Waals surface area contributed by atoms with Crippen molar-refractivity contribution in [3.63, 3.8) is 0 Å². The normalized spacial score (nSPS) is 26.8. The molecule has 0 radical (unpaired) electrons. The van der Waals surface area contributed by atoms with E-state index in [9.17, 15) is 0 Å². The quantitative estimate of drug-likeness (QED) is 0.809. The summed E-state index contributed by atoms with van der Waals surface area (Å²) in [6.07, 6.45) is -0.134. The number of ether oxygens (including phenoxy) is 2. The van der Waals surface area contributed by atoms with E-state index < -0.39 is 5.79 Å². The minimum atomic E-state index is -0.538. The fourth-order valence-electron chi connectivity index (χ4n) is 1.71. The lowest BCUT2D eigenvalue weighted by molar-refractivity contribution is -0.141. The number of furan rings is 1. The third-order valence-electron chi connectivity index (χ3n) is 2.52. The van der Waals surface area contributed by atoms with Gasteiger partial charge in [-0.05, 0) is 32.9 Å². The van der Waals surface area contributed by atoms with Crippen LogP contribution in [0.1, 0.15) is 31.4 Å². The molecule has 0 aliphatic carbocycles. The van der Waals surface area contributed by atoms with Gasteiger partial charge < -0.3 is 19.6 Å². The maximum atomic E-state index is 6.04. The Morgan fingerprint density at radius 2 is 2.20 bits per heavy atom. The minimum absolute atomic E-state index is 0.134. The average molecular weight is 211 g/mol. The highest BCUT2D eigenvalue weighted by atomic mass is 16.7. The van der Waals surface area contributed by atoms with Gasteiger partial charge in [0.1, 0.15) is 17.6 Å². The van der Waals surface area contributed by atoms with E-state index >= 15 is 0 Å². The van der Waals surface area contributed by atoms with Crippen LogP contribution in [-0.4, -0.2) is 18.5 Å². The molecule has 2 rings (SSSR count). The third-order valence-corrected chi connectivity index (χ3v) is 2.52. The highest BCUT2D eigenvalue weighted by molar-refractivity contribution is 5.11. The Morgan fingerprint density at radius 1 is 1.47 bits per heavy atom. The summed E-state index contributed by atoms with van der Waals surface area (Å²) in [5.41, 5.74) is 6.04. The van der Waals surface area contributed by atoms with Crippen LogP contribution in [-0.2, 0) is 9.47 Å². The lowest BCUT2D eigenvalue weighted by Gasteiger charge is -2.19. The molecule has 0 spiro atoms. The van der Waals surface area contributed by atoms with Crippen LogP contribution in [0.4, 0.5) is 0 Å². The van der Waals surface area contributed by atoms with Gasteiger partial charge in [0.2, 0.25) is 0 Å². The molecule has 1 aromatic heterocycles. The molecule has 1 aliphatic rings. The van der Waals surface area contributed by atoms with Gasteiger partial charge >= 0.3 is 0 Å². The van der Waals surface area contributed by atoms with E-state index in [0.717, 1.165) is 11.5 Å². The van der Waals surface area contributed by atoms with Gasteiger partial charge in [-0.15, -0.1) is 0 Å². The van der Waals surface area contributed by atoms with Crippen molar-refractivity contribution in [3.8, 4) is 0 Å². The van der Waals surface area contributed by atoms with Crippen molar-refractivity contribution in [2.75, 3.05) is 6.61 Å². The van der Waals surface area contributed by atoms with Crippen LogP contribution in [0, 0.1) is 6.92 Å². The summed E-state index contributed by atoms with van der Waals surface area (Å²) in [7, 11) is 0. The smallest absolute Gasteiger partial charge is 0.163 e. The fraction of sp³-hybridized carbons (Fsp3) is 0.636. The van der Waals surface area contributed by atoms with Crippen molar-refractivity contribution in [3.05, 3.63) is 23.7 Å². The van der Waals surface area contributed by atoms with Crippen LogP contribution < -0.4 is 5.73 Å². The van der Waals surface area contributed by atoms with Crippen molar-refractivity contribution in [1.82, 2.24) is 0 Å². The van der Waals surface area contributed by atoms with Crippen molar-refractivity contribution < 1.29 is 13.9 Å². The van der Waals surface area contributed by atoms with Crippen molar-refractivity contribution in [2.24, 2.45) is 5.73 Å². The van der Waals surface area contributed by atoms with E-state index in [2.05, 4.69) is 0 Å². The molecule has 1 aliphatic heterocycles. The van der Waals surface area contributed by atoms with Crippen molar-refractivity contribution in [1.29, 1.82) is 0 Å². The van der Waals surface area contributed by atoms with E-state index in [1.807, 2.05) is 32.9 Å².